The fraction of sp³-hybridized carbons (Fsp3) is 0.833. The molecule has 1 heterocycles. The molecule has 0 aromatic heterocycles. The van der Waals surface area contributed by atoms with Crippen LogP contribution in [0.3, 0.4) is 0 Å². The predicted molar refractivity (Wildman–Crippen MR) is 69.6 cm³/mol. The molecule has 5 nitrogen and oxygen atoms in total. The smallest absolute Gasteiger partial charge is 0.223 e. The summed E-state index contributed by atoms with van der Waals surface area (Å²) in [6.07, 6.45) is 2.41. The summed E-state index contributed by atoms with van der Waals surface area (Å²) in [4.78, 5) is 24.9. The van der Waals surface area contributed by atoms with Crippen LogP contribution in [0, 0.1) is 0 Å². The summed E-state index contributed by atoms with van der Waals surface area (Å²) >= 11 is 5.55. The van der Waals surface area contributed by atoms with Crippen molar-refractivity contribution in [3.63, 3.8) is 0 Å². The molecule has 1 fully saturated rings. The molecule has 0 radical (unpaired) electrons. The van der Waals surface area contributed by atoms with E-state index in [-0.39, 0.29) is 17.9 Å². The standard InChI is InChI=1S/C12H21ClN2O3/c1-18-9-5-11(16)14-10-3-7-15(8-4-10)12(17)2-6-13/h10H,2-9H2,1H3,(H,14,16). The van der Waals surface area contributed by atoms with Gasteiger partial charge in [0.15, 0.2) is 0 Å². The highest BCUT2D eigenvalue weighted by molar-refractivity contribution is 6.18. The lowest BCUT2D eigenvalue weighted by molar-refractivity contribution is -0.132. The van der Waals surface area contributed by atoms with Crippen LogP contribution in [0.1, 0.15) is 25.7 Å². The van der Waals surface area contributed by atoms with Crippen molar-refractivity contribution < 1.29 is 14.3 Å². The highest BCUT2D eigenvalue weighted by atomic mass is 35.5. The Morgan fingerprint density at radius 3 is 2.56 bits per heavy atom. The first kappa shape index (κ1) is 15.2. The molecule has 1 aliphatic heterocycles. The molecular formula is C12H21ClN2O3. The lowest BCUT2D eigenvalue weighted by atomic mass is 10.0. The quantitative estimate of drug-likeness (QED) is 0.729. The van der Waals surface area contributed by atoms with Crippen molar-refractivity contribution in [2.45, 2.75) is 31.7 Å². The van der Waals surface area contributed by atoms with Crippen LogP contribution >= 0.6 is 11.6 Å². The Morgan fingerprint density at radius 2 is 2.00 bits per heavy atom. The van der Waals surface area contributed by atoms with Gasteiger partial charge in [-0.2, -0.15) is 0 Å². The lowest BCUT2D eigenvalue weighted by Crippen LogP contribution is -2.46. The van der Waals surface area contributed by atoms with Gasteiger partial charge in [-0.15, -0.1) is 11.6 Å². The first-order chi connectivity index (χ1) is 8.67. The molecule has 18 heavy (non-hydrogen) atoms. The molecule has 6 heteroatoms. The van der Waals surface area contributed by atoms with Crippen LogP contribution < -0.4 is 5.32 Å². The maximum absolute atomic E-state index is 11.6. The largest absolute Gasteiger partial charge is 0.384 e. The molecule has 2 amide bonds. The molecule has 104 valence electrons. The molecule has 0 spiro atoms. The number of ether oxygens (including phenoxy) is 1. The van der Waals surface area contributed by atoms with Crippen LogP contribution in [0.4, 0.5) is 0 Å². The van der Waals surface area contributed by atoms with Crippen LogP contribution in [0.2, 0.25) is 0 Å². The molecule has 0 saturated carbocycles. The molecule has 1 saturated heterocycles. The lowest BCUT2D eigenvalue weighted by Gasteiger charge is -2.32. The molecule has 0 aromatic carbocycles. The van der Waals surface area contributed by atoms with Gasteiger partial charge in [0.05, 0.1) is 6.61 Å². The Morgan fingerprint density at radius 1 is 1.33 bits per heavy atom. The van der Waals surface area contributed by atoms with Crippen LogP contribution in [0.15, 0.2) is 0 Å². The summed E-state index contributed by atoms with van der Waals surface area (Å²) in [5.74, 6) is 0.489. The van der Waals surface area contributed by atoms with Crippen LogP contribution in [0.25, 0.3) is 0 Å². The molecule has 0 aromatic rings. The molecule has 1 N–H and O–H groups in total. The van der Waals surface area contributed by atoms with E-state index in [1.165, 1.54) is 0 Å². The number of halogens is 1. The predicted octanol–water partition coefficient (Wildman–Crippen LogP) is 0.759. The summed E-state index contributed by atoms with van der Waals surface area (Å²) in [7, 11) is 1.58. The number of hydrogen-bond donors (Lipinski definition) is 1. The number of methoxy groups -OCH3 is 1. The number of piperidine rings is 1. The van der Waals surface area contributed by atoms with Crippen molar-refractivity contribution in [2.24, 2.45) is 0 Å². The van der Waals surface area contributed by atoms with Crippen molar-refractivity contribution >= 4 is 23.4 Å². The van der Waals surface area contributed by atoms with Crippen molar-refractivity contribution in [3.8, 4) is 0 Å². The zero-order valence-electron chi connectivity index (χ0n) is 10.8. The zero-order valence-corrected chi connectivity index (χ0v) is 11.5. The van der Waals surface area contributed by atoms with Gasteiger partial charge in [0, 0.05) is 45.0 Å². The molecule has 1 aliphatic rings. The number of carbonyl (C=O) groups excluding carboxylic acids is 2. The van der Waals surface area contributed by atoms with E-state index in [4.69, 9.17) is 16.3 Å². The van der Waals surface area contributed by atoms with Gasteiger partial charge in [-0.25, -0.2) is 0 Å². The summed E-state index contributed by atoms with van der Waals surface area (Å²) < 4.78 is 4.85. The summed E-state index contributed by atoms with van der Waals surface area (Å²) in [5.41, 5.74) is 0. The van der Waals surface area contributed by atoms with E-state index in [1.54, 1.807) is 7.11 Å². The van der Waals surface area contributed by atoms with Crippen molar-refractivity contribution in [1.82, 2.24) is 10.2 Å². The number of carbonyl (C=O) groups is 2. The Balaban J connectivity index is 2.22. The number of amides is 2. The van der Waals surface area contributed by atoms with Crippen molar-refractivity contribution in [2.75, 3.05) is 32.7 Å². The van der Waals surface area contributed by atoms with E-state index in [1.807, 2.05) is 4.90 Å². The van der Waals surface area contributed by atoms with Gasteiger partial charge in [0.1, 0.15) is 0 Å². The molecule has 0 atom stereocenters. The fourth-order valence-electron chi connectivity index (χ4n) is 2.01. The highest BCUT2D eigenvalue weighted by Crippen LogP contribution is 2.11. The number of hydrogen-bond acceptors (Lipinski definition) is 3. The molecule has 0 unspecified atom stereocenters. The van der Waals surface area contributed by atoms with Gasteiger partial charge < -0.3 is 15.0 Å². The third-order valence-corrected chi connectivity index (χ3v) is 3.24. The maximum Gasteiger partial charge on any atom is 0.223 e. The van der Waals surface area contributed by atoms with Gasteiger partial charge in [0.25, 0.3) is 0 Å². The van der Waals surface area contributed by atoms with Crippen LogP contribution in [-0.2, 0) is 14.3 Å². The number of rotatable bonds is 6. The molecule has 0 bridgehead atoms. The number of likely N-dealkylation sites (tertiary alicyclic amines) is 1. The second-order valence-electron chi connectivity index (χ2n) is 4.40. The Labute approximate surface area is 113 Å². The van der Waals surface area contributed by atoms with Gasteiger partial charge in [-0.05, 0) is 12.8 Å². The molecular weight excluding hydrogens is 256 g/mol. The van der Waals surface area contributed by atoms with E-state index < -0.39 is 0 Å². The average molecular weight is 277 g/mol. The van der Waals surface area contributed by atoms with Crippen molar-refractivity contribution in [1.29, 1.82) is 0 Å². The van der Waals surface area contributed by atoms with Gasteiger partial charge in [0.2, 0.25) is 11.8 Å². The third kappa shape index (κ3) is 5.23. The second-order valence-corrected chi connectivity index (χ2v) is 4.78. The number of nitrogens with one attached hydrogen (secondary N) is 1. The Bertz CT molecular complexity index is 278. The highest BCUT2D eigenvalue weighted by Gasteiger charge is 2.23. The van der Waals surface area contributed by atoms with E-state index in [2.05, 4.69) is 5.32 Å². The first-order valence-electron chi connectivity index (χ1n) is 6.29. The maximum atomic E-state index is 11.6. The minimum Gasteiger partial charge on any atom is -0.384 e. The average Bonchev–Trinajstić information content (AvgIpc) is 2.37. The molecule has 1 rings (SSSR count). The van der Waals surface area contributed by atoms with Gasteiger partial charge >= 0.3 is 0 Å². The SMILES string of the molecule is COCCC(=O)NC1CCN(C(=O)CCCl)CC1. The summed E-state index contributed by atoms with van der Waals surface area (Å²) in [6.45, 7) is 1.84. The normalized spacial score (nSPS) is 16.7. The Hall–Kier alpha value is -0.810. The summed E-state index contributed by atoms with van der Waals surface area (Å²) in [5, 5.41) is 2.96. The minimum atomic E-state index is 0.0161. The Kier molecular flexibility index (Phi) is 7.05. The van der Waals surface area contributed by atoms with Gasteiger partial charge in [-0.3, -0.25) is 9.59 Å². The zero-order chi connectivity index (χ0) is 13.4. The minimum absolute atomic E-state index is 0.0161. The van der Waals surface area contributed by atoms with Crippen LogP contribution in [0.5, 0.6) is 0 Å². The van der Waals surface area contributed by atoms with E-state index in [9.17, 15) is 9.59 Å². The monoisotopic (exact) mass is 276 g/mol. The third-order valence-electron chi connectivity index (χ3n) is 3.05. The first-order valence-corrected chi connectivity index (χ1v) is 6.83. The number of nitrogens with zero attached hydrogens (tertiary/aromatic N) is 1. The number of alkyl halides is 1. The van der Waals surface area contributed by atoms with E-state index in [0.29, 0.717) is 38.4 Å². The second kappa shape index (κ2) is 8.32. The van der Waals surface area contributed by atoms with E-state index in [0.717, 1.165) is 12.8 Å². The summed E-state index contributed by atoms with van der Waals surface area (Å²) in [6, 6.07) is 0.175. The van der Waals surface area contributed by atoms with Crippen LogP contribution in [-0.4, -0.2) is 55.4 Å². The van der Waals surface area contributed by atoms with Gasteiger partial charge in [-0.1, -0.05) is 0 Å². The van der Waals surface area contributed by atoms with Crippen molar-refractivity contribution in [3.05, 3.63) is 0 Å². The topological polar surface area (TPSA) is 58.6 Å². The molecule has 0 aliphatic carbocycles. The fourth-order valence-corrected chi connectivity index (χ4v) is 2.17. The van der Waals surface area contributed by atoms with E-state index >= 15 is 0 Å².